The van der Waals surface area contributed by atoms with Crippen molar-refractivity contribution in [3.8, 4) is 5.75 Å². The minimum atomic E-state index is -0.648. The minimum Gasteiger partial charge on any atom is -0.465 e. The first-order valence-electron chi connectivity index (χ1n) is 8.82. The summed E-state index contributed by atoms with van der Waals surface area (Å²) in [6.45, 7) is 3.67. The Balaban J connectivity index is 1.47. The summed E-state index contributed by atoms with van der Waals surface area (Å²) >= 11 is 12.1. The Morgan fingerprint density at radius 2 is 2.00 bits per heavy atom. The van der Waals surface area contributed by atoms with E-state index in [0.29, 0.717) is 31.9 Å². The number of carbonyl (C=O) groups excluding carboxylic acids is 2. The van der Waals surface area contributed by atoms with Gasteiger partial charge < -0.3 is 19.9 Å². The molecular formula is C18H20Cl2N4O3. The lowest BCUT2D eigenvalue weighted by Crippen LogP contribution is -2.50. The van der Waals surface area contributed by atoms with Gasteiger partial charge in [0.1, 0.15) is 15.8 Å². The summed E-state index contributed by atoms with van der Waals surface area (Å²) in [4.78, 5) is 29.7. The van der Waals surface area contributed by atoms with Gasteiger partial charge in [-0.3, -0.25) is 14.5 Å². The first kappa shape index (κ1) is 18.4. The van der Waals surface area contributed by atoms with Gasteiger partial charge in [-0.15, -0.1) is 0 Å². The number of benzene rings is 1. The van der Waals surface area contributed by atoms with Gasteiger partial charge in [-0.05, 0) is 13.1 Å². The van der Waals surface area contributed by atoms with Crippen LogP contribution < -0.4 is 15.0 Å². The van der Waals surface area contributed by atoms with E-state index in [9.17, 15) is 9.59 Å². The second-order valence-electron chi connectivity index (χ2n) is 6.76. The molecule has 0 spiro atoms. The van der Waals surface area contributed by atoms with E-state index in [1.807, 2.05) is 23.1 Å². The van der Waals surface area contributed by atoms with E-state index in [-0.39, 0.29) is 21.9 Å². The van der Waals surface area contributed by atoms with Gasteiger partial charge in [0.2, 0.25) is 12.1 Å². The quantitative estimate of drug-likeness (QED) is 0.813. The summed E-state index contributed by atoms with van der Waals surface area (Å²) in [5, 5.41) is 3.15. The molecule has 9 heteroatoms. The number of piperazine rings is 1. The van der Waals surface area contributed by atoms with Crippen molar-refractivity contribution in [1.82, 2.24) is 15.1 Å². The van der Waals surface area contributed by atoms with Crippen molar-refractivity contribution in [1.29, 1.82) is 0 Å². The van der Waals surface area contributed by atoms with Gasteiger partial charge in [-0.25, -0.2) is 0 Å². The lowest BCUT2D eigenvalue weighted by atomic mass is 10.1. The smallest absolute Gasteiger partial charge is 0.270 e. The Morgan fingerprint density at radius 1 is 1.26 bits per heavy atom. The fraction of sp³-hybridized carbons (Fsp3) is 0.444. The zero-order valence-corrected chi connectivity index (χ0v) is 16.4. The lowest BCUT2D eigenvalue weighted by molar-refractivity contribution is -0.132. The summed E-state index contributed by atoms with van der Waals surface area (Å²) < 4.78 is 5.96. The summed E-state index contributed by atoms with van der Waals surface area (Å²) in [6, 6.07) is 5.95. The highest BCUT2D eigenvalue weighted by atomic mass is 35.5. The number of nitrogens with zero attached hydrogens (tertiary/aromatic N) is 3. The lowest BCUT2D eigenvalue weighted by Gasteiger charge is -2.37. The van der Waals surface area contributed by atoms with Crippen LogP contribution in [-0.4, -0.2) is 67.6 Å². The standard InChI is InChI=1S/C18H20Cl2N4O3/c1-21-9-14(25)23-6-4-22(5-7-23)12-3-2-11-10-24-17(26)15(19)16(20)18(24)27-13(11)8-12/h2-3,8,18,21H,4-7,9-10H2,1H3. The summed E-state index contributed by atoms with van der Waals surface area (Å²) in [7, 11) is 1.77. The molecule has 7 nitrogen and oxygen atoms in total. The zero-order valence-electron chi connectivity index (χ0n) is 14.9. The molecule has 0 saturated carbocycles. The molecule has 0 aliphatic carbocycles. The number of halogens is 2. The molecule has 1 atom stereocenters. The van der Waals surface area contributed by atoms with E-state index < -0.39 is 6.23 Å². The highest BCUT2D eigenvalue weighted by Crippen LogP contribution is 2.40. The zero-order chi connectivity index (χ0) is 19.1. The molecule has 1 N–H and O–H groups in total. The predicted octanol–water partition coefficient (Wildman–Crippen LogP) is 1.30. The summed E-state index contributed by atoms with van der Waals surface area (Å²) in [5.74, 6) is 0.527. The minimum absolute atomic E-state index is 0.0251. The molecule has 2 amide bonds. The average Bonchev–Trinajstić information content (AvgIpc) is 2.90. The Morgan fingerprint density at radius 3 is 2.70 bits per heavy atom. The molecule has 0 bridgehead atoms. The molecular weight excluding hydrogens is 391 g/mol. The number of rotatable bonds is 3. The Kier molecular flexibility index (Phi) is 4.92. The highest BCUT2D eigenvalue weighted by Gasteiger charge is 2.42. The molecule has 0 radical (unpaired) electrons. The number of fused-ring (bicyclic) bond motifs is 2. The average molecular weight is 411 g/mol. The van der Waals surface area contributed by atoms with Crippen molar-refractivity contribution >= 4 is 40.7 Å². The predicted molar refractivity (Wildman–Crippen MR) is 103 cm³/mol. The first-order chi connectivity index (χ1) is 13.0. The van der Waals surface area contributed by atoms with Crippen molar-refractivity contribution in [2.24, 2.45) is 0 Å². The van der Waals surface area contributed by atoms with Crippen LogP contribution in [0.4, 0.5) is 5.69 Å². The SMILES string of the molecule is CNCC(=O)N1CCN(c2ccc3c(c2)OC2C(Cl)=C(Cl)C(=O)N2C3)CC1. The number of ether oxygens (including phenoxy) is 1. The van der Waals surface area contributed by atoms with Crippen molar-refractivity contribution < 1.29 is 14.3 Å². The second-order valence-corrected chi connectivity index (χ2v) is 7.54. The molecule has 3 heterocycles. The number of nitrogens with one attached hydrogen (secondary N) is 1. The van der Waals surface area contributed by atoms with Crippen LogP contribution >= 0.6 is 23.2 Å². The molecule has 1 aromatic rings. The van der Waals surface area contributed by atoms with Crippen LogP contribution in [0, 0.1) is 0 Å². The largest absolute Gasteiger partial charge is 0.465 e. The maximum atomic E-state index is 12.1. The molecule has 1 aromatic carbocycles. The van der Waals surface area contributed by atoms with Crippen LogP contribution in [0.5, 0.6) is 5.75 Å². The monoisotopic (exact) mass is 410 g/mol. The van der Waals surface area contributed by atoms with E-state index in [0.717, 1.165) is 24.3 Å². The van der Waals surface area contributed by atoms with Crippen LogP contribution in [0.2, 0.25) is 0 Å². The molecule has 1 saturated heterocycles. The van der Waals surface area contributed by atoms with Crippen LogP contribution in [0.15, 0.2) is 28.3 Å². The van der Waals surface area contributed by atoms with Crippen molar-refractivity contribution in [2.75, 3.05) is 44.7 Å². The van der Waals surface area contributed by atoms with E-state index in [2.05, 4.69) is 10.2 Å². The number of hydrogen-bond donors (Lipinski definition) is 1. The molecule has 0 aromatic heterocycles. The number of carbonyl (C=O) groups is 2. The Labute approximate surface area is 167 Å². The molecule has 1 unspecified atom stereocenters. The molecule has 4 rings (SSSR count). The van der Waals surface area contributed by atoms with E-state index in [4.69, 9.17) is 27.9 Å². The maximum absolute atomic E-state index is 12.1. The molecule has 1 fully saturated rings. The Hall–Kier alpha value is -1.96. The van der Waals surface area contributed by atoms with Gasteiger partial charge in [0.25, 0.3) is 5.91 Å². The van der Waals surface area contributed by atoms with Gasteiger partial charge in [0, 0.05) is 43.5 Å². The van der Waals surface area contributed by atoms with Gasteiger partial charge >= 0.3 is 0 Å². The number of anilines is 1. The van der Waals surface area contributed by atoms with Crippen LogP contribution in [0.3, 0.4) is 0 Å². The second kappa shape index (κ2) is 7.22. The summed E-state index contributed by atoms with van der Waals surface area (Å²) in [6.07, 6.45) is -0.648. The molecule has 144 valence electrons. The molecule has 3 aliphatic rings. The van der Waals surface area contributed by atoms with Crippen LogP contribution in [0.1, 0.15) is 5.56 Å². The number of hydrogen-bond acceptors (Lipinski definition) is 5. The van der Waals surface area contributed by atoms with Crippen LogP contribution in [-0.2, 0) is 16.1 Å². The fourth-order valence-electron chi connectivity index (χ4n) is 3.61. The van der Waals surface area contributed by atoms with Crippen molar-refractivity contribution in [3.63, 3.8) is 0 Å². The van der Waals surface area contributed by atoms with E-state index >= 15 is 0 Å². The maximum Gasteiger partial charge on any atom is 0.270 e. The van der Waals surface area contributed by atoms with E-state index in [1.54, 1.807) is 7.05 Å². The Bertz CT molecular complexity index is 821. The molecule has 27 heavy (non-hydrogen) atoms. The van der Waals surface area contributed by atoms with Crippen molar-refractivity contribution in [2.45, 2.75) is 12.8 Å². The van der Waals surface area contributed by atoms with E-state index in [1.165, 1.54) is 4.90 Å². The third-order valence-electron chi connectivity index (χ3n) is 5.11. The third kappa shape index (κ3) is 3.24. The van der Waals surface area contributed by atoms with Gasteiger partial charge in [-0.1, -0.05) is 29.3 Å². The summed E-state index contributed by atoms with van der Waals surface area (Å²) in [5.41, 5.74) is 1.94. The topological polar surface area (TPSA) is 65.1 Å². The first-order valence-corrected chi connectivity index (χ1v) is 9.58. The molecule has 3 aliphatic heterocycles. The van der Waals surface area contributed by atoms with Gasteiger partial charge in [0.15, 0.2) is 0 Å². The number of amides is 2. The number of likely N-dealkylation sites (N-methyl/N-ethyl adjacent to an activating group) is 1. The normalized spacial score (nSPS) is 22.0. The van der Waals surface area contributed by atoms with Gasteiger partial charge in [0.05, 0.1) is 13.1 Å². The fourth-order valence-corrected chi connectivity index (χ4v) is 4.06. The van der Waals surface area contributed by atoms with Crippen molar-refractivity contribution in [3.05, 3.63) is 33.8 Å². The van der Waals surface area contributed by atoms with Gasteiger partial charge in [-0.2, -0.15) is 0 Å². The highest BCUT2D eigenvalue weighted by molar-refractivity contribution is 6.49. The third-order valence-corrected chi connectivity index (χ3v) is 5.95. The van der Waals surface area contributed by atoms with Crippen LogP contribution in [0.25, 0.3) is 0 Å².